The van der Waals surface area contributed by atoms with Crippen molar-refractivity contribution in [2.75, 3.05) is 44.4 Å². The van der Waals surface area contributed by atoms with Crippen molar-refractivity contribution in [3.63, 3.8) is 0 Å². The van der Waals surface area contributed by atoms with E-state index in [1.54, 1.807) is 12.1 Å². The molecule has 1 heterocycles. The molecule has 1 saturated heterocycles. The quantitative estimate of drug-likeness (QED) is 0.878. The minimum atomic E-state index is -3.21. The van der Waals surface area contributed by atoms with Gasteiger partial charge < -0.3 is 14.9 Å². The van der Waals surface area contributed by atoms with Crippen LogP contribution in [0.3, 0.4) is 0 Å². The second kappa shape index (κ2) is 6.77. The van der Waals surface area contributed by atoms with Gasteiger partial charge in [0.2, 0.25) is 0 Å². The third-order valence-corrected chi connectivity index (χ3v) is 5.29. The summed E-state index contributed by atoms with van der Waals surface area (Å²) in [5.41, 5.74) is 0.809. The van der Waals surface area contributed by atoms with Gasteiger partial charge in [0.15, 0.2) is 9.84 Å². The Morgan fingerprint density at radius 3 is 2.48 bits per heavy atom. The third-order valence-electron chi connectivity index (χ3n) is 4.15. The SMILES string of the molecule is CN(CCO)C1CCN(c2ccccc2S(C)(=O)=O)CC1. The Hall–Kier alpha value is -1.11. The largest absolute Gasteiger partial charge is 0.395 e. The fourth-order valence-corrected chi connectivity index (χ4v) is 3.82. The molecule has 1 N–H and O–H groups in total. The van der Waals surface area contributed by atoms with Crippen molar-refractivity contribution in [3.05, 3.63) is 24.3 Å². The number of nitrogens with zero attached hydrogens (tertiary/aromatic N) is 2. The van der Waals surface area contributed by atoms with Crippen LogP contribution >= 0.6 is 0 Å². The zero-order valence-corrected chi connectivity index (χ0v) is 13.5. The molecule has 1 fully saturated rings. The molecule has 0 unspecified atom stereocenters. The summed E-state index contributed by atoms with van der Waals surface area (Å²) in [5, 5.41) is 9.00. The van der Waals surface area contributed by atoms with E-state index < -0.39 is 9.84 Å². The smallest absolute Gasteiger partial charge is 0.177 e. The van der Waals surface area contributed by atoms with E-state index in [9.17, 15) is 8.42 Å². The molecular formula is C15H24N2O3S. The van der Waals surface area contributed by atoms with Crippen molar-refractivity contribution in [3.8, 4) is 0 Å². The topological polar surface area (TPSA) is 60.9 Å². The highest BCUT2D eigenvalue weighted by molar-refractivity contribution is 7.90. The maximum Gasteiger partial charge on any atom is 0.177 e. The molecule has 0 aromatic heterocycles. The molecule has 2 rings (SSSR count). The maximum atomic E-state index is 11.9. The summed E-state index contributed by atoms with van der Waals surface area (Å²) in [4.78, 5) is 4.74. The first-order valence-corrected chi connectivity index (χ1v) is 9.17. The van der Waals surface area contributed by atoms with Crippen LogP contribution in [-0.2, 0) is 9.84 Å². The van der Waals surface area contributed by atoms with Gasteiger partial charge in [-0.1, -0.05) is 12.1 Å². The Morgan fingerprint density at radius 1 is 1.29 bits per heavy atom. The van der Waals surface area contributed by atoms with Gasteiger partial charge in [-0.15, -0.1) is 0 Å². The average molecular weight is 312 g/mol. The van der Waals surface area contributed by atoms with Gasteiger partial charge in [-0.05, 0) is 32.0 Å². The van der Waals surface area contributed by atoms with Crippen LogP contribution in [0.4, 0.5) is 5.69 Å². The lowest BCUT2D eigenvalue weighted by atomic mass is 10.0. The first-order valence-electron chi connectivity index (χ1n) is 7.28. The third kappa shape index (κ3) is 3.96. The lowest BCUT2D eigenvalue weighted by molar-refractivity contribution is 0.161. The summed E-state index contributed by atoms with van der Waals surface area (Å²) in [6.45, 7) is 2.54. The second-order valence-electron chi connectivity index (χ2n) is 5.66. The van der Waals surface area contributed by atoms with E-state index in [1.165, 1.54) is 6.26 Å². The van der Waals surface area contributed by atoms with E-state index in [2.05, 4.69) is 9.80 Å². The molecule has 0 spiro atoms. The Kier molecular flexibility index (Phi) is 5.24. The molecule has 0 radical (unpaired) electrons. The van der Waals surface area contributed by atoms with E-state index in [4.69, 9.17) is 5.11 Å². The number of hydrogen-bond donors (Lipinski definition) is 1. The zero-order valence-electron chi connectivity index (χ0n) is 12.7. The van der Waals surface area contributed by atoms with Crippen LogP contribution < -0.4 is 4.90 Å². The van der Waals surface area contributed by atoms with Gasteiger partial charge in [0.25, 0.3) is 0 Å². The number of rotatable bonds is 5. The summed E-state index contributed by atoms with van der Waals surface area (Å²) in [6.07, 6.45) is 3.22. The van der Waals surface area contributed by atoms with Gasteiger partial charge in [-0.2, -0.15) is 0 Å². The zero-order chi connectivity index (χ0) is 15.5. The summed E-state index contributed by atoms with van der Waals surface area (Å²) in [6, 6.07) is 7.66. The Morgan fingerprint density at radius 2 is 1.90 bits per heavy atom. The second-order valence-corrected chi connectivity index (χ2v) is 7.65. The molecule has 0 bridgehead atoms. The first kappa shape index (κ1) is 16.3. The number of para-hydroxylation sites is 1. The fraction of sp³-hybridized carbons (Fsp3) is 0.600. The van der Waals surface area contributed by atoms with Crippen LogP contribution in [0, 0.1) is 0 Å². The molecule has 5 nitrogen and oxygen atoms in total. The van der Waals surface area contributed by atoms with Crippen LogP contribution in [-0.4, -0.2) is 64.0 Å². The first-order chi connectivity index (χ1) is 9.93. The summed E-state index contributed by atoms with van der Waals surface area (Å²) in [7, 11) is -1.18. The number of hydrogen-bond acceptors (Lipinski definition) is 5. The van der Waals surface area contributed by atoms with Crippen molar-refractivity contribution in [2.24, 2.45) is 0 Å². The lowest BCUT2D eigenvalue weighted by Crippen LogP contribution is -2.44. The molecular weight excluding hydrogens is 288 g/mol. The molecule has 1 aromatic carbocycles. The monoisotopic (exact) mass is 312 g/mol. The highest BCUT2D eigenvalue weighted by Crippen LogP contribution is 2.28. The van der Waals surface area contributed by atoms with Crippen molar-refractivity contribution in [1.82, 2.24) is 4.90 Å². The number of aliphatic hydroxyl groups is 1. The van der Waals surface area contributed by atoms with Gasteiger partial charge >= 0.3 is 0 Å². The predicted octanol–water partition coefficient (Wildman–Crippen LogP) is 0.983. The molecule has 21 heavy (non-hydrogen) atoms. The van der Waals surface area contributed by atoms with Gasteiger partial charge in [-0.25, -0.2) is 8.42 Å². The van der Waals surface area contributed by atoms with E-state index in [-0.39, 0.29) is 6.61 Å². The lowest BCUT2D eigenvalue weighted by Gasteiger charge is -2.38. The van der Waals surface area contributed by atoms with Crippen LogP contribution in [0.2, 0.25) is 0 Å². The van der Waals surface area contributed by atoms with Gasteiger partial charge in [0, 0.05) is 31.9 Å². The number of anilines is 1. The van der Waals surface area contributed by atoms with Crippen LogP contribution in [0.1, 0.15) is 12.8 Å². The standard InChI is InChI=1S/C15H24N2O3S/c1-16(11-12-18)13-7-9-17(10-8-13)14-5-3-4-6-15(14)21(2,19)20/h3-6,13,18H,7-12H2,1-2H3. The van der Waals surface area contributed by atoms with Gasteiger partial charge in [-0.3, -0.25) is 0 Å². The summed E-state index contributed by atoms with van der Waals surface area (Å²) < 4.78 is 23.8. The minimum Gasteiger partial charge on any atom is -0.395 e. The summed E-state index contributed by atoms with van der Waals surface area (Å²) >= 11 is 0. The van der Waals surface area contributed by atoms with Crippen LogP contribution in [0.15, 0.2) is 29.2 Å². The normalized spacial score (nSPS) is 17.4. The number of sulfone groups is 1. The molecule has 6 heteroatoms. The molecule has 0 aliphatic carbocycles. The Labute approximate surface area is 127 Å². The van der Waals surface area contributed by atoms with E-state index in [0.717, 1.165) is 31.6 Å². The van der Waals surface area contributed by atoms with Gasteiger partial charge in [0.1, 0.15) is 0 Å². The Balaban J connectivity index is 2.10. The number of aliphatic hydroxyl groups excluding tert-OH is 1. The molecule has 0 saturated carbocycles. The number of piperidine rings is 1. The molecule has 118 valence electrons. The summed E-state index contributed by atoms with van der Waals surface area (Å²) in [5.74, 6) is 0. The van der Waals surface area contributed by atoms with Gasteiger partial charge in [0.05, 0.1) is 17.2 Å². The number of likely N-dealkylation sites (N-methyl/N-ethyl adjacent to an activating group) is 1. The highest BCUT2D eigenvalue weighted by atomic mass is 32.2. The predicted molar refractivity (Wildman–Crippen MR) is 84.5 cm³/mol. The molecule has 0 atom stereocenters. The maximum absolute atomic E-state index is 11.9. The number of benzene rings is 1. The van der Waals surface area contributed by atoms with Crippen LogP contribution in [0.5, 0.6) is 0 Å². The molecule has 1 aromatic rings. The van der Waals surface area contributed by atoms with E-state index >= 15 is 0 Å². The fourth-order valence-electron chi connectivity index (χ4n) is 2.92. The van der Waals surface area contributed by atoms with E-state index in [0.29, 0.717) is 17.5 Å². The van der Waals surface area contributed by atoms with Crippen LogP contribution in [0.25, 0.3) is 0 Å². The highest BCUT2D eigenvalue weighted by Gasteiger charge is 2.25. The van der Waals surface area contributed by atoms with E-state index in [1.807, 2.05) is 19.2 Å². The van der Waals surface area contributed by atoms with Crippen molar-refractivity contribution in [1.29, 1.82) is 0 Å². The minimum absolute atomic E-state index is 0.174. The average Bonchev–Trinajstić information content (AvgIpc) is 2.47. The molecule has 1 aliphatic heterocycles. The Bertz CT molecular complexity index is 566. The van der Waals surface area contributed by atoms with Crippen molar-refractivity contribution in [2.45, 2.75) is 23.8 Å². The molecule has 1 aliphatic rings. The van der Waals surface area contributed by atoms with Crippen molar-refractivity contribution < 1.29 is 13.5 Å². The molecule has 0 amide bonds. The van der Waals surface area contributed by atoms with Crippen molar-refractivity contribution >= 4 is 15.5 Å².